The lowest BCUT2D eigenvalue weighted by molar-refractivity contribution is -0.115. The molecule has 4 rings (SSSR count). The molecule has 2 amide bonds. The summed E-state index contributed by atoms with van der Waals surface area (Å²) in [5, 5.41) is 11.3. The number of rotatable bonds is 8. The molecule has 2 aromatic rings. The molecule has 3 heterocycles. The van der Waals surface area contributed by atoms with Crippen LogP contribution in [0, 0.1) is 0 Å². The number of nitrogens with zero attached hydrogens (tertiary/aromatic N) is 3. The van der Waals surface area contributed by atoms with Gasteiger partial charge in [0.2, 0.25) is 5.88 Å². The van der Waals surface area contributed by atoms with Gasteiger partial charge in [0.1, 0.15) is 23.3 Å². The van der Waals surface area contributed by atoms with Gasteiger partial charge in [-0.15, -0.1) is 0 Å². The molecule has 11 heteroatoms. The van der Waals surface area contributed by atoms with Crippen LogP contribution in [0.25, 0.3) is 0 Å². The van der Waals surface area contributed by atoms with E-state index in [9.17, 15) is 9.59 Å². The predicted molar refractivity (Wildman–Crippen MR) is 126 cm³/mol. The molecule has 2 aliphatic rings. The van der Waals surface area contributed by atoms with Gasteiger partial charge in [0, 0.05) is 51.3 Å². The first kappa shape index (κ1) is 24.1. The highest BCUT2D eigenvalue weighted by atomic mass is 16.5. The van der Waals surface area contributed by atoms with Gasteiger partial charge >= 0.3 is 5.91 Å². The molecule has 0 unspecified atom stereocenters. The van der Waals surface area contributed by atoms with Gasteiger partial charge in [-0.05, 0) is 18.6 Å². The number of hydrogen-bond donors (Lipinski definition) is 3. The third-order valence-corrected chi connectivity index (χ3v) is 5.51. The van der Waals surface area contributed by atoms with Gasteiger partial charge in [-0.3, -0.25) is 10.2 Å². The highest BCUT2D eigenvalue weighted by molar-refractivity contribution is 6.08. The molecule has 184 valence electrons. The van der Waals surface area contributed by atoms with Crippen LogP contribution in [0.3, 0.4) is 0 Å². The smallest absolute Gasteiger partial charge is 0.339 e. The first-order chi connectivity index (χ1) is 17.0. The Morgan fingerprint density at radius 3 is 2.57 bits per heavy atom. The zero-order valence-electron chi connectivity index (χ0n) is 19.5. The largest absolute Gasteiger partial charge is 0.490 e. The fourth-order valence-electron chi connectivity index (χ4n) is 3.52. The van der Waals surface area contributed by atoms with Crippen molar-refractivity contribution in [3.63, 3.8) is 0 Å². The summed E-state index contributed by atoms with van der Waals surface area (Å²) in [6.45, 7) is 2.71. The van der Waals surface area contributed by atoms with Crippen LogP contribution in [0.1, 0.15) is 40.1 Å². The Morgan fingerprint density at radius 1 is 1.14 bits per heavy atom. The van der Waals surface area contributed by atoms with Crippen LogP contribution in [-0.4, -0.2) is 72.0 Å². The van der Waals surface area contributed by atoms with Crippen molar-refractivity contribution < 1.29 is 29.2 Å². The van der Waals surface area contributed by atoms with Crippen LogP contribution in [-0.2, 0) is 4.74 Å². The van der Waals surface area contributed by atoms with Crippen molar-refractivity contribution >= 4 is 17.6 Å². The van der Waals surface area contributed by atoms with E-state index >= 15 is 0 Å². The van der Waals surface area contributed by atoms with Gasteiger partial charge in [0.25, 0.3) is 11.7 Å². The summed E-state index contributed by atoms with van der Waals surface area (Å²) in [6, 6.07) is 4.87. The van der Waals surface area contributed by atoms with Crippen LogP contribution in [0.5, 0.6) is 17.4 Å². The summed E-state index contributed by atoms with van der Waals surface area (Å²) in [6.07, 6.45) is 8.37. The van der Waals surface area contributed by atoms with Crippen molar-refractivity contribution in [3.8, 4) is 17.4 Å². The summed E-state index contributed by atoms with van der Waals surface area (Å²) < 4.78 is 17.4. The molecule has 0 saturated carbocycles. The van der Waals surface area contributed by atoms with E-state index in [4.69, 9.17) is 19.6 Å². The Labute approximate surface area is 203 Å². The maximum Gasteiger partial charge on any atom is 0.339 e. The average Bonchev–Trinajstić information content (AvgIpc) is 2.82. The fraction of sp³-hybridized carbons (Fsp3) is 0.375. The number of likely N-dealkylation sites (tertiary alicyclic amines) is 1. The lowest BCUT2D eigenvalue weighted by atomic mass is 10.1. The van der Waals surface area contributed by atoms with Crippen molar-refractivity contribution in [2.24, 2.45) is 0 Å². The molecule has 2 fully saturated rings. The number of carbonyl (C=O) groups excluding carboxylic acids is 2. The molecular weight excluding hydrogens is 452 g/mol. The third kappa shape index (κ3) is 6.54. The summed E-state index contributed by atoms with van der Waals surface area (Å²) in [5.74, 6) is 0.592. The van der Waals surface area contributed by atoms with Crippen LogP contribution in [0.15, 0.2) is 42.9 Å². The Balaban J connectivity index is 1.52. The standard InChI is InChI=1S/C24H28N6O5/c1-26-6-3-21(25)29-23(31)16-11-18(34-17-4-9-33-10-5-17)13-19(12-16)35-22-15-27-20(14-28-22)24(32)30-7-2-8-30/h3,6,11-15,17,26H,2,4-5,7-10H2,1H3,(H2,25,29,31)/p+1/b6-3-. The van der Waals surface area contributed by atoms with Crippen LogP contribution < -0.4 is 25.5 Å². The van der Waals surface area contributed by atoms with Gasteiger partial charge in [0.05, 0.1) is 31.2 Å². The maximum absolute atomic E-state index is 12.8. The second-order valence-electron chi connectivity index (χ2n) is 8.14. The summed E-state index contributed by atoms with van der Waals surface area (Å²) >= 11 is 0. The topological polar surface area (TPSA) is 140 Å². The number of nitrogens with one attached hydrogen (secondary N) is 2. The summed E-state index contributed by atoms with van der Waals surface area (Å²) in [7, 11) is 1.72. The normalized spacial score (nSPS) is 15.9. The Hall–Kier alpha value is -3.99. The number of amidine groups is 1. The molecule has 35 heavy (non-hydrogen) atoms. The van der Waals surface area contributed by atoms with E-state index in [0.717, 1.165) is 32.4 Å². The molecule has 0 spiro atoms. The van der Waals surface area contributed by atoms with Crippen molar-refractivity contribution in [2.75, 3.05) is 33.4 Å². The SMILES string of the molecule is CN/C=C\C(=[NH2+])NC(=O)c1cc(Oc2cnc(C(=O)N3CCC3)cn2)cc(OC2CCOCC2)c1. The van der Waals surface area contributed by atoms with E-state index < -0.39 is 5.91 Å². The van der Waals surface area contributed by atoms with Crippen LogP contribution in [0.2, 0.25) is 0 Å². The van der Waals surface area contributed by atoms with E-state index in [1.165, 1.54) is 18.5 Å². The highest BCUT2D eigenvalue weighted by Crippen LogP contribution is 2.28. The highest BCUT2D eigenvalue weighted by Gasteiger charge is 2.23. The Morgan fingerprint density at radius 2 is 1.91 bits per heavy atom. The molecular formula is C24H29N6O5+. The van der Waals surface area contributed by atoms with Crippen LogP contribution >= 0.6 is 0 Å². The van der Waals surface area contributed by atoms with E-state index in [2.05, 4.69) is 20.6 Å². The molecule has 0 radical (unpaired) electrons. The second kappa shape index (κ2) is 11.4. The minimum atomic E-state index is -0.424. The molecule has 11 nitrogen and oxygen atoms in total. The molecule has 2 aliphatic heterocycles. The molecule has 2 saturated heterocycles. The maximum atomic E-state index is 12.8. The lowest BCUT2D eigenvalue weighted by Gasteiger charge is -2.30. The zero-order valence-corrected chi connectivity index (χ0v) is 19.5. The zero-order chi connectivity index (χ0) is 24.6. The van der Waals surface area contributed by atoms with Crippen molar-refractivity contribution in [3.05, 3.63) is 54.1 Å². The van der Waals surface area contributed by atoms with Crippen molar-refractivity contribution in [2.45, 2.75) is 25.4 Å². The molecule has 0 bridgehead atoms. The summed E-state index contributed by atoms with van der Waals surface area (Å²) in [4.78, 5) is 35.2. The number of amides is 2. The van der Waals surface area contributed by atoms with E-state index in [-0.39, 0.29) is 29.4 Å². The van der Waals surface area contributed by atoms with Gasteiger partial charge in [-0.2, -0.15) is 0 Å². The molecule has 0 atom stereocenters. The molecule has 1 aromatic carbocycles. The minimum absolute atomic E-state index is 0.0308. The number of hydrogen-bond acceptors (Lipinski definition) is 8. The summed E-state index contributed by atoms with van der Waals surface area (Å²) in [5.41, 5.74) is 0.553. The predicted octanol–water partition coefficient (Wildman–Crippen LogP) is 0.293. The van der Waals surface area contributed by atoms with E-state index in [1.54, 1.807) is 36.3 Å². The minimum Gasteiger partial charge on any atom is -0.490 e. The van der Waals surface area contributed by atoms with Gasteiger partial charge in [-0.25, -0.2) is 20.1 Å². The van der Waals surface area contributed by atoms with Crippen molar-refractivity contribution in [1.82, 2.24) is 25.5 Å². The van der Waals surface area contributed by atoms with Crippen LogP contribution in [0.4, 0.5) is 0 Å². The Bertz CT molecular complexity index is 1090. The van der Waals surface area contributed by atoms with E-state index in [1.807, 2.05) is 0 Å². The van der Waals surface area contributed by atoms with Gasteiger partial charge in [0.15, 0.2) is 0 Å². The lowest BCUT2D eigenvalue weighted by Crippen LogP contribution is -2.49. The van der Waals surface area contributed by atoms with E-state index in [0.29, 0.717) is 30.3 Å². The van der Waals surface area contributed by atoms with Crippen molar-refractivity contribution in [1.29, 1.82) is 0 Å². The molecule has 4 N–H and O–H groups in total. The average molecular weight is 482 g/mol. The Kier molecular flexibility index (Phi) is 7.88. The van der Waals surface area contributed by atoms with Gasteiger partial charge in [-0.1, -0.05) is 0 Å². The molecule has 1 aromatic heterocycles. The first-order valence-electron chi connectivity index (χ1n) is 11.5. The number of aromatic nitrogens is 2. The van der Waals surface area contributed by atoms with Gasteiger partial charge < -0.3 is 24.4 Å². The number of carbonyl (C=O) groups is 2. The second-order valence-corrected chi connectivity index (χ2v) is 8.14. The number of nitrogens with two attached hydrogens (primary N) is 1. The number of ether oxygens (including phenoxy) is 3. The fourth-order valence-corrected chi connectivity index (χ4v) is 3.52. The monoisotopic (exact) mass is 481 g/mol. The molecule has 0 aliphatic carbocycles. The quantitative estimate of drug-likeness (QED) is 0.361. The number of benzene rings is 1. The first-order valence-corrected chi connectivity index (χ1v) is 11.5. The third-order valence-electron chi connectivity index (χ3n) is 5.51.